The van der Waals surface area contributed by atoms with Gasteiger partial charge in [0.2, 0.25) is 0 Å². The Morgan fingerprint density at radius 1 is 1.16 bits per heavy atom. The molecule has 1 nitrogen and oxygen atoms in total. The molecule has 2 rings (SSSR count). The van der Waals surface area contributed by atoms with Crippen molar-refractivity contribution >= 4 is 5.78 Å². The quantitative estimate of drug-likeness (QED) is 0.767. The third-order valence-electron chi connectivity index (χ3n) is 4.13. The van der Waals surface area contributed by atoms with Crippen molar-refractivity contribution in [3.05, 3.63) is 35.6 Å². The van der Waals surface area contributed by atoms with Crippen LogP contribution < -0.4 is 0 Å². The van der Waals surface area contributed by atoms with Gasteiger partial charge in [0.15, 0.2) is 0 Å². The SMILES string of the molecule is CC(C)CC(=O)C1CCC(c2ccc(F)cc2)CC1. The second kappa shape index (κ2) is 6.31. The molecule has 1 aliphatic carbocycles. The number of Topliss-reactive ketones (excluding diaryl/α,β-unsaturated/α-hetero) is 1. The number of benzene rings is 1. The summed E-state index contributed by atoms with van der Waals surface area (Å²) in [5.41, 5.74) is 1.22. The van der Waals surface area contributed by atoms with Gasteiger partial charge < -0.3 is 0 Å². The highest BCUT2D eigenvalue weighted by atomic mass is 19.1. The zero-order valence-electron chi connectivity index (χ0n) is 11.9. The lowest BCUT2D eigenvalue weighted by Crippen LogP contribution is -2.22. The van der Waals surface area contributed by atoms with E-state index in [1.807, 2.05) is 12.1 Å². The fourth-order valence-electron chi connectivity index (χ4n) is 3.05. The van der Waals surface area contributed by atoms with Gasteiger partial charge >= 0.3 is 0 Å². The number of hydrogen-bond acceptors (Lipinski definition) is 1. The van der Waals surface area contributed by atoms with E-state index in [4.69, 9.17) is 0 Å². The molecule has 19 heavy (non-hydrogen) atoms. The van der Waals surface area contributed by atoms with E-state index in [1.165, 1.54) is 17.7 Å². The van der Waals surface area contributed by atoms with Gasteiger partial charge in [0.25, 0.3) is 0 Å². The summed E-state index contributed by atoms with van der Waals surface area (Å²) in [5, 5.41) is 0. The van der Waals surface area contributed by atoms with Gasteiger partial charge in [-0.2, -0.15) is 0 Å². The maximum Gasteiger partial charge on any atom is 0.136 e. The molecule has 0 saturated heterocycles. The number of hydrogen-bond donors (Lipinski definition) is 0. The molecule has 1 aliphatic rings. The lowest BCUT2D eigenvalue weighted by molar-refractivity contribution is -0.124. The van der Waals surface area contributed by atoms with Crippen molar-refractivity contribution in [3.8, 4) is 0 Å². The van der Waals surface area contributed by atoms with Crippen molar-refractivity contribution in [2.45, 2.75) is 51.9 Å². The van der Waals surface area contributed by atoms with Crippen LogP contribution in [0.2, 0.25) is 0 Å². The summed E-state index contributed by atoms with van der Waals surface area (Å²) in [5.74, 6) is 1.49. The van der Waals surface area contributed by atoms with E-state index in [1.54, 1.807) is 0 Å². The van der Waals surface area contributed by atoms with Crippen molar-refractivity contribution in [2.75, 3.05) is 0 Å². The Kier molecular flexibility index (Phi) is 4.73. The topological polar surface area (TPSA) is 17.1 Å². The van der Waals surface area contributed by atoms with Gasteiger partial charge in [-0.05, 0) is 55.2 Å². The predicted octanol–water partition coefficient (Wildman–Crippen LogP) is 4.71. The highest BCUT2D eigenvalue weighted by Crippen LogP contribution is 2.36. The normalized spacial score (nSPS) is 23.6. The van der Waals surface area contributed by atoms with E-state index in [2.05, 4.69) is 13.8 Å². The largest absolute Gasteiger partial charge is 0.299 e. The van der Waals surface area contributed by atoms with Crippen LogP contribution in [0.25, 0.3) is 0 Å². The number of halogens is 1. The van der Waals surface area contributed by atoms with E-state index < -0.39 is 0 Å². The van der Waals surface area contributed by atoms with Crippen LogP contribution in [0.1, 0.15) is 57.4 Å². The number of carbonyl (C=O) groups excluding carboxylic acids is 1. The molecule has 0 N–H and O–H groups in total. The molecule has 0 spiro atoms. The van der Waals surface area contributed by atoms with E-state index >= 15 is 0 Å². The molecular weight excluding hydrogens is 239 g/mol. The lowest BCUT2D eigenvalue weighted by Gasteiger charge is -2.28. The van der Waals surface area contributed by atoms with Crippen LogP contribution in [0.5, 0.6) is 0 Å². The zero-order chi connectivity index (χ0) is 13.8. The molecule has 0 amide bonds. The maximum atomic E-state index is 12.9. The van der Waals surface area contributed by atoms with Crippen molar-refractivity contribution in [1.29, 1.82) is 0 Å². The molecule has 0 unspecified atom stereocenters. The van der Waals surface area contributed by atoms with Gasteiger partial charge in [0, 0.05) is 12.3 Å². The summed E-state index contributed by atoms with van der Waals surface area (Å²) in [6, 6.07) is 6.84. The van der Waals surface area contributed by atoms with Crippen LogP contribution >= 0.6 is 0 Å². The Labute approximate surface area is 115 Å². The van der Waals surface area contributed by atoms with Gasteiger partial charge in [-0.25, -0.2) is 4.39 Å². The molecule has 0 aliphatic heterocycles. The molecule has 1 aromatic carbocycles. The van der Waals surface area contributed by atoms with Crippen LogP contribution in [0, 0.1) is 17.7 Å². The molecule has 0 aromatic heterocycles. The lowest BCUT2D eigenvalue weighted by atomic mass is 9.76. The second-order valence-electron chi connectivity index (χ2n) is 6.16. The number of rotatable bonds is 4. The third-order valence-corrected chi connectivity index (χ3v) is 4.13. The van der Waals surface area contributed by atoms with Crippen molar-refractivity contribution in [2.24, 2.45) is 11.8 Å². The highest BCUT2D eigenvalue weighted by Gasteiger charge is 2.27. The van der Waals surface area contributed by atoms with E-state index in [9.17, 15) is 9.18 Å². The molecular formula is C17H23FO. The van der Waals surface area contributed by atoms with Gasteiger partial charge in [-0.1, -0.05) is 26.0 Å². The third kappa shape index (κ3) is 3.89. The van der Waals surface area contributed by atoms with Crippen LogP contribution in [-0.2, 0) is 4.79 Å². The smallest absolute Gasteiger partial charge is 0.136 e. The monoisotopic (exact) mass is 262 g/mol. The zero-order valence-corrected chi connectivity index (χ0v) is 11.9. The van der Waals surface area contributed by atoms with Crippen LogP contribution in [-0.4, -0.2) is 5.78 Å². The molecule has 0 heterocycles. The van der Waals surface area contributed by atoms with Crippen LogP contribution in [0.15, 0.2) is 24.3 Å². The van der Waals surface area contributed by atoms with E-state index in [0.717, 1.165) is 25.7 Å². The first-order chi connectivity index (χ1) is 9.06. The first-order valence-electron chi connectivity index (χ1n) is 7.34. The summed E-state index contributed by atoms with van der Waals surface area (Å²) < 4.78 is 12.9. The summed E-state index contributed by atoms with van der Waals surface area (Å²) in [6.07, 6.45) is 4.81. The predicted molar refractivity (Wildman–Crippen MR) is 75.6 cm³/mol. The number of carbonyl (C=O) groups is 1. The Hall–Kier alpha value is -1.18. The molecule has 104 valence electrons. The molecule has 0 bridgehead atoms. The fourth-order valence-corrected chi connectivity index (χ4v) is 3.05. The summed E-state index contributed by atoms with van der Waals surface area (Å²) in [4.78, 5) is 12.0. The highest BCUT2D eigenvalue weighted by molar-refractivity contribution is 5.81. The van der Waals surface area contributed by atoms with Gasteiger partial charge in [-0.3, -0.25) is 4.79 Å². The van der Waals surface area contributed by atoms with Crippen molar-refractivity contribution in [1.82, 2.24) is 0 Å². The van der Waals surface area contributed by atoms with Gasteiger partial charge in [0.1, 0.15) is 11.6 Å². The second-order valence-corrected chi connectivity index (χ2v) is 6.16. The Bertz CT molecular complexity index is 413. The summed E-state index contributed by atoms with van der Waals surface area (Å²) >= 11 is 0. The maximum absolute atomic E-state index is 12.9. The number of ketones is 1. The Balaban J connectivity index is 1.88. The molecule has 0 atom stereocenters. The fraction of sp³-hybridized carbons (Fsp3) is 0.588. The standard InChI is InChI=1S/C17H23FO/c1-12(2)11-17(19)15-5-3-13(4-6-15)14-7-9-16(18)10-8-14/h7-10,12-13,15H,3-6,11H2,1-2H3. The van der Waals surface area contributed by atoms with Crippen LogP contribution in [0.4, 0.5) is 4.39 Å². The van der Waals surface area contributed by atoms with E-state index in [0.29, 0.717) is 24.0 Å². The summed E-state index contributed by atoms with van der Waals surface area (Å²) in [6.45, 7) is 4.20. The van der Waals surface area contributed by atoms with Gasteiger partial charge in [-0.15, -0.1) is 0 Å². The Morgan fingerprint density at radius 3 is 2.26 bits per heavy atom. The first kappa shape index (κ1) is 14.2. The van der Waals surface area contributed by atoms with Crippen molar-refractivity contribution in [3.63, 3.8) is 0 Å². The minimum atomic E-state index is -0.176. The van der Waals surface area contributed by atoms with E-state index in [-0.39, 0.29) is 11.7 Å². The minimum Gasteiger partial charge on any atom is -0.299 e. The Morgan fingerprint density at radius 2 is 1.74 bits per heavy atom. The van der Waals surface area contributed by atoms with Gasteiger partial charge in [0.05, 0.1) is 0 Å². The van der Waals surface area contributed by atoms with Crippen molar-refractivity contribution < 1.29 is 9.18 Å². The molecule has 1 aromatic rings. The minimum absolute atomic E-state index is 0.176. The summed E-state index contributed by atoms with van der Waals surface area (Å²) in [7, 11) is 0. The molecule has 0 radical (unpaired) electrons. The average Bonchev–Trinajstić information content (AvgIpc) is 2.39. The molecule has 2 heteroatoms. The molecule has 1 saturated carbocycles. The average molecular weight is 262 g/mol. The molecule has 1 fully saturated rings. The first-order valence-corrected chi connectivity index (χ1v) is 7.34. The van der Waals surface area contributed by atoms with Crippen LogP contribution in [0.3, 0.4) is 0 Å².